The molecular weight excluding hydrogens is 174 g/mol. The van der Waals surface area contributed by atoms with Crippen molar-refractivity contribution in [3.63, 3.8) is 0 Å². The first-order valence-corrected chi connectivity index (χ1v) is 6.04. The first-order chi connectivity index (χ1) is 6.75. The molecule has 3 atom stereocenters. The van der Waals surface area contributed by atoms with E-state index in [9.17, 15) is 4.79 Å². The summed E-state index contributed by atoms with van der Waals surface area (Å²) in [6.07, 6.45) is 4.90. The van der Waals surface area contributed by atoms with Gasteiger partial charge < -0.3 is 4.90 Å². The predicted molar refractivity (Wildman–Crippen MR) is 56.9 cm³/mol. The maximum absolute atomic E-state index is 12.1. The molecule has 3 unspecified atom stereocenters. The Bertz CT molecular complexity index is 216. The van der Waals surface area contributed by atoms with Crippen molar-refractivity contribution in [3.8, 4) is 0 Å². The van der Waals surface area contributed by atoms with Crippen LogP contribution < -0.4 is 0 Å². The zero-order valence-corrected chi connectivity index (χ0v) is 9.33. The Hall–Kier alpha value is -0.530. The molecule has 80 valence electrons. The number of carbonyl (C=O) groups is 1. The zero-order chi connectivity index (χ0) is 10.1. The molecule has 0 aromatic rings. The first-order valence-electron chi connectivity index (χ1n) is 6.04. The van der Waals surface area contributed by atoms with E-state index in [1.165, 1.54) is 25.7 Å². The zero-order valence-electron chi connectivity index (χ0n) is 9.33. The monoisotopic (exact) mass is 195 g/mol. The molecule has 2 heteroatoms. The summed E-state index contributed by atoms with van der Waals surface area (Å²) in [6.45, 7) is 6.45. The Labute approximate surface area is 86.7 Å². The Morgan fingerprint density at radius 2 is 1.93 bits per heavy atom. The largest absolute Gasteiger partial charge is 0.342 e. The number of likely N-dealkylation sites (tertiary alicyclic amines) is 1. The number of piperidine rings is 1. The van der Waals surface area contributed by atoms with Gasteiger partial charge in [-0.3, -0.25) is 4.79 Å². The highest BCUT2D eigenvalue weighted by Crippen LogP contribution is 2.49. The second-order valence-electron chi connectivity index (χ2n) is 4.84. The molecule has 0 bridgehead atoms. The molecule has 1 saturated carbocycles. The van der Waals surface area contributed by atoms with Crippen LogP contribution in [0.15, 0.2) is 0 Å². The van der Waals surface area contributed by atoms with Crippen LogP contribution in [0.2, 0.25) is 0 Å². The van der Waals surface area contributed by atoms with Gasteiger partial charge in [0.05, 0.1) is 0 Å². The fourth-order valence-corrected chi connectivity index (χ4v) is 2.90. The van der Waals surface area contributed by atoms with Gasteiger partial charge in [-0.25, -0.2) is 0 Å². The molecule has 2 aliphatic rings. The van der Waals surface area contributed by atoms with Crippen molar-refractivity contribution in [1.29, 1.82) is 0 Å². The molecule has 0 radical (unpaired) electrons. The fourth-order valence-electron chi connectivity index (χ4n) is 2.90. The van der Waals surface area contributed by atoms with Crippen LogP contribution in [0.1, 0.15) is 39.5 Å². The first kappa shape index (κ1) is 10.0. The molecule has 1 amide bonds. The van der Waals surface area contributed by atoms with Gasteiger partial charge in [-0.2, -0.15) is 0 Å². The molecule has 0 spiro atoms. The van der Waals surface area contributed by atoms with Crippen molar-refractivity contribution in [2.45, 2.75) is 39.5 Å². The van der Waals surface area contributed by atoms with E-state index in [2.05, 4.69) is 18.7 Å². The molecule has 1 aliphatic heterocycles. The molecule has 0 N–H and O–H groups in total. The second-order valence-corrected chi connectivity index (χ2v) is 4.84. The molecule has 0 aromatic carbocycles. The van der Waals surface area contributed by atoms with Crippen LogP contribution in [0.5, 0.6) is 0 Å². The van der Waals surface area contributed by atoms with Gasteiger partial charge in [-0.15, -0.1) is 0 Å². The molecule has 14 heavy (non-hydrogen) atoms. The number of amides is 1. The maximum atomic E-state index is 12.1. The van der Waals surface area contributed by atoms with Crippen LogP contribution in [0.3, 0.4) is 0 Å². The van der Waals surface area contributed by atoms with Crippen LogP contribution in [0, 0.1) is 17.8 Å². The minimum absolute atomic E-state index is 0.373. The lowest BCUT2D eigenvalue weighted by Crippen LogP contribution is -2.37. The van der Waals surface area contributed by atoms with E-state index in [1.54, 1.807) is 0 Å². The van der Waals surface area contributed by atoms with Crippen molar-refractivity contribution in [3.05, 3.63) is 0 Å². The van der Waals surface area contributed by atoms with Gasteiger partial charge in [0.15, 0.2) is 0 Å². The van der Waals surface area contributed by atoms with Gasteiger partial charge in [0.25, 0.3) is 0 Å². The SMILES string of the molecule is CCC1C(C)C1C(=O)N1CCCCC1. The Balaban J connectivity index is 1.89. The molecule has 1 saturated heterocycles. The van der Waals surface area contributed by atoms with Crippen molar-refractivity contribution in [1.82, 2.24) is 4.90 Å². The third kappa shape index (κ3) is 1.67. The van der Waals surface area contributed by atoms with Crippen LogP contribution in [-0.4, -0.2) is 23.9 Å². The minimum atomic E-state index is 0.373. The Morgan fingerprint density at radius 1 is 1.29 bits per heavy atom. The van der Waals surface area contributed by atoms with Gasteiger partial charge in [-0.05, 0) is 31.1 Å². The Kier molecular flexibility index (Phi) is 2.80. The van der Waals surface area contributed by atoms with Crippen LogP contribution in [-0.2, 0) is 4.79 Å². The summed E-state index contributed by atoms with van der Waals surface area (Å²) in [5.41, 5.74) is 0. The van der Waals surface area contributed by atoms with Gasteiger partial charge in [0.2, 0.25) is 5.91 Å². The summed E-state index contributed by atoms with van der Waals surface area (Å²) in [7, 11) is 0. The van der Waals surface area contributed by atoms with Crippen molar-refractivity contribution in [2.24, 2.45) is 17.8 Å². The van der Waals surface area contributed by atoms with E-state index in [1.807, 2.05) is 0 Å². The highest BCUT2D eigenvalue weighted by molar-refractivity contribution is 5.82. The smallest absolute Gasteiger partial charge is 0.226 e. The highest BCUT2D eigenvalue weighted by atomic mass is 16.2. The Morgan fingerprint density at radius 3 is 2.43 bits per heavy atom. The van der Waals surface area contributed by atoms with E-state index in [0.29, 0.717) is 23.7 Å². The molecule has 2 fully saturated rings. The van der Waals surface area contributed by atoms with E-state index in [-0.39, 0.29) is 0 Å². The molecule has 2 rings (SSSR count). The van der Waals surface area contributed by atoms with E-state index in [4.69, 9.17) is 0 Å². The summed E-state index contributed by atoms with van der Waals surface area (Å²) in [4.78, 5) is 14.2. The van der Waals surface area contributed by atoms with Crippen molar-refractivity contribution < 1.29 is 4.79 Å². The molecule has 2 nitrogen and oxygen atoms in total. The highest BCUT2D eigenvalue weighted by Gasteiger charge is 2.51. The number of rotatable bonds is 2. The lowest BCUT2D eigenvalue weighted by molar-refractivity contribution is -0.134. The third-order valence-corrected chi connectivity index (χ3v) is 3.99. The predicted octanol–water partition coefficient (Wildman–Crippen LogP) is 2.29. The average Bonchev–Trinajstić information content (AvgIpc) is 2.89. The molecule has 1 heterocycles. The number of hydrogen-bond acceptors (Lipinski definition) is 1. The lowest BCUT2D eigenvalue weighted by Gasteiger charge is -2.27. The standard InChI is InChI=1S/C12H21NO/c1-3-10-9(2)11(10)12(14)13-7-5-4-6-8-13/h9-11H,3-8H2,1-2H3. The summed E-state index contributed by atoms with van der Waals surface area (Å²) < 4.78 is 0. The summed E-state index contributed by atoms with van der Waals surface area (Å²) in [6, 6.07) is 0. The third-order valence-electron chi connectivity index (χ3n) is 3.99. The van der Waals surface area contributed by atoms with Crippen LogP contribution in [0.4, 0.5) is 0 Å². The van der Waals surface area contributed by atoms with Gasteiger partial charge in [0, 0.05) is 19.0 Å². The van der Waals surface area contributed by atoms with E-state index < -0.39 is 0 Å². The summed E-state index contributed by atoms with van der Waals surface area (Å²) in [5.74, 6) is 2.15. The fraction of sp³-hybridized carbons (Fsp3) is 0.917. The van der Waals surface area contributed by atoms with E-state index in [0.717, 1.165) is 13.1 Å². The maximum Gasteiger partial charge on any atom is 0.226 e. The lowest BCUT2D eigenvalue weighted by atomic mass is 10.1. The normalized spacial score (nSPS) is 37.0. The number of carbonyl (C=O) groups excluding carboxylic acids is 1. The van der Waals surface area contributed by atoms with Gasteiger partial charge >= 0.3 is 0 Å². The van der Waals surface area contributed by atoms with Gasteiger partial charge in [0.1, 0.15) is 0 Å². The summed E-state index contributed by atoms with van der Waals surface area (Å²) in [5, 5.41) is 0. The van der Waals surface area contributed by atoms with Crippen LogP contribution in [0.25, 0.3) is 0 Å². The quantitative estimate of drug-likeness (QED) is 0.662. The van der Waals surface area contributed by atoms with Crippen molar-refractivity contribution in [2.75, 3.05) is 13.1 Å². The minimum Gasteiger partial charge on any atom is -0.342 e. The molecular formula is C12H21NO. The molecule has 1 aliphatic carbocycles. The second kappa shape index (κ2) is 3.92. The van der Waals surface area contributed by atoms with Crippen molar-refractivity contribution >= 4 is 5.91 Å². The summed E-state index contributed by atoms with van der Waals surface area (Å²) >= 11 is 0. The number of nitrogens with zero attached hydrogens (tertiary/aromatic N) is 1. The number of hydrogen-bond donors (Lipinski definition) is 0. The average molecular weight is 195 g/mol. The van der Waals surface area contributed by atoms with E-state index >= 15 is 0 Å². The topological polar surface area (TPSA) is 20.3 Å². The van der Waals surface area contributed by atoms with Crippen LogP contribution >= 0.6 is 0 Å². The molecule has 0 aromatic heterocycles. The van der Waals surface area contributed by atoms with Gasteiger partial charge in [-0.1, -0.05) is 20.3 Å².